The molecule has 1 aromatic carbocycles. The van der Waals surface area contributed by atoms with Gasteiger partial charge in [-0.25, -0.2) is 4.39 Å². The number of rotatable bonds is 4. The maximum Gasteiger partial charge on any atom is 0.228 e. The predicted molar refractivity (Wildman–Crippen MR) is 84.1 cm³/mol. The molecular formula is C15H22BrFN2O. The standard InChI is InChI=1S/C15H22BrFN2O/c1-9-5-11(16)12(17)6-13(9)19-14(20)10(8-18)7-15(2,3)4/h5-6,10H,7-8,18H2,1-4H3,(H,19,20). The van der Waals surface area contributed by atoms with Gasteiger partial charge in [0, 0.05) is 12.2 Å². The van der Waals surface area contributed by atoms with Crippen LogP contribution < -0.4 is 11.1 Å². The Labute approximate surface area is 128 Å². The SMILES string of the molecule is Cc1cc(Br)c(F)cc1NC(=O)C(CN)CC(C)(C)C. The number of nitrogens with one attached hydrogen (secondary N) is 1. The van der Waals surface area contributed by atoms with Crippen molar-refractivity contribution in [2.24, 2.45) is 17.1 Å². The van der Waals surface area contributed by atoms with Gasteiger partial charge < -0.3 is 11.1 Å². The molecule has 3 nitrogen and oxygen atoms in total. The molecule has 0 spiro atoms. The molecule has 0 bridgehead atoms. The fraction of sp³-hybridized carbons (Fsp3) is 0.533. The van der Waals surface area contributed by atoms with Crippen LogP contribution in [0.25, 0.3) is 0 Å². The quantitative estimate of drug-likeness (QED) is 0.871. The summed E-state index contributed by atoms with van der Waals surface area (Å²) in [6, 6.07) is 2.97. The average Bonchev–Trinajstić information content (AvgIpc) is 2.31. The van der Waals surface area contributed by atoms with Gasteiger partial charge in [0.15, 0.2) is 0 Å². The summed E-state index contributed by atoms with van der Waals surface area (Å²) in [6.07, 6.45) is 0.688. The highest BCUT2D eigenvalue weighted by atomic mass is 79.9. The summed E-state index contributed by atoms with van der Waals surface area (Å²) in [5.41, 5.74) is 6.99. The van der Waals surface area contributed by atoms with Crippen molar-refractivity contribution < 1.29 is 9.18 Å². The van der Waals surface area contributed by atoms with E-state index >= 15 is 0 Å². The van der Waals surface area contributed by atoms with Gasteiger partial charge in [-0.05, 0) is 52.4 Å². The summed E-state index contributed by atoms with van der Waals surface area (Å²) in [4.78, 5) is 12.2. The van der Waals surface area contributed by atoms with E-state index in [1.54, 1.807) is 6.07 Å². The zero-order valence-electron chi connectivity index (χ0n) is 12.4. The Kier molecular flexibility index (Phi) is 5.71. The number of halogens is 2. The maximum absolute atomic E-state index is 13.5. The lowest BCUT2D eigenvalue weighted by Gasteiger charge is -2.24. The van der Waals surface area contributed by atoms with Gasteiger partial charge in [0.2, 0.25) is 5.91 Å². The second-order valence-corrected chi connectivity index (χ2v) is 7.12. The third-order valence-corrected chi connectivity index (χ3v) is 3.65. The molecule has 0 aliphatic heterocycles. The van der Waals surface area contributed by atoms with Crippen molar-refractivity contribution in [3.8, 4) is 0 Å². The zero-order chi connectivity index (χ0) is 15.5. The van der Waals surface area contributed by atoms with Gasteiger partial charge in [-0.15, -0.1) is 0 Å². The van der Waals surface area contributed by atoms with Gasteiger partial charge in [0.1, 0.15) is 5.82 Å². The maximum atomic E-state index is 13.5. The summed E-state index contributed by atoms with van der Waals surface area (Å²) in [5.74, 6) is -0.834. The van der Waals surface area contributed by atoms with E-state index in [4.69, 9.17) is 5.73 Å². The van der Waals surface area contributed by atoms with E-state index in [0.717, 1.165) is 5.56 Å². The van der Waals surface area contributed by atoms with E-state index in [0.29, 0.717) is 16.6 Å². The molecule has 0 saturated carbocycles. The second-order valence-electron chi connectivity index (χ2n) is 6.27. The molecule has 1 amide bonds. The van der Waals surface area contributed by atoms with Crippen molar-refractivity contribution in [1.29, 1.82) is 0 Å². The summed E-state index contributed by atoms with van der Waals surface area (Å²) in [6.45, 7) is 8.29. The Bertz CT molecular complexity index is 497. The molecule has 5 heteroatoms. The number of hydrogen-bond donors (Lipinski definition) is 2. The molecule has 0 fully saturated rings. The van der Waals surface area contributed by atoms with Crippen LogP contribution in [0.1, 0.15) is 32.8 Å². The first-order chi connectivity index (χ1) is 9.14. The first-order valence-electron chi connectivity index (χ1n) is 6.60. The van der Waals surface area contributed by atoms with E-state index < -0.39 is 5.82 Å². The summed E-state index contributed by atoms with van der Waals surface area (Å²) in [5, 5.41) is 2.77. The number of amides is 1. The highest BCUT2D eigenvalue weighted by Crippen LogP contribution is 2.27. The molecule has 0 aliphatic carbocycles. The molecule has 1 atom stereocenters. The average molecular weight is 345 g/mol. The molecule has 112 valence electrons. The number of aryl methyl sites for hydroxylation is 1. The van der Waals surface area contributed by atoms with Crippen LogP contribution in [0.3, 0.4) is 0 Å². The number of benzene rings is 1. The van der Waals surface area contributed by atoms with E-state index in [1.165, 1.54) is 6.07 Å². The lowest BCUT2D eigenvalue weighted by molar-refractivity contribution is -0.120. The Morgan fingerprint density at radius 2 is 2.05 bits per heavy atom. The first-order valence-corrected chi connectivity index (χ1v) is 7.40. The molecule has 0 aliphatic rings. The highest BCUT2D eigenvalue weighted by Gasteiger charge is 2.24. The number of nitrogens with two attached hydrogens (primary N) is 1. The Hall–Kier alpha value is -0.940. The van der Waals surface area contributed by atoms with Gasteiger partial charge >= 0.3 is 0 Å². The normalized spacial score (nSPS) is 13.2. The molecule has 0 radical (unpaired) electrons. The third-order valence-electron chi connectivity index (χ3n) is 3.04. The van der Waals surface area contributed by atoms with E-state index in [1.807, 2.05) is 6.92 Å². The van der Waals surface area contributed by atoms with Gasteiger partial charge in [-0.3, -0.25) is 4.79 Å². The molecule has 0 heterocycles. The minimum atomic E-state index is -0.397. The molecule has 1 aromatic rings. The van der Waals surface area contributed by atoms with Gasteiger partial charge in [0.25, 0.3) is 0 Å². The van der Waals surface area contributed by atoms with Crippen molar-refractivity contribution in [1.82, 2.24) is 0 Å². The Balaban J connectivity index is 2.86. The predicted octanol–water partition coefficient (Wildman–Crippen LogP) is 3.85. The second kappa shape index (κ2) is 6.68. The fourth-order valence-electron chi connectivity index (χ4n) is 2.04. The van der Waals surface area contributed by atoms with Crippen molar-refractivity contribution in [3.05, 3.63) is 28.0 Å². The van der Waals surface area contributed by atoms with Crippen LogP contribution in [-0.2, 0) is 4.79 Å². The van der Waals surface area contributed by atoms with Crippen LogP contribution in [-0.4, -0.2) is 12.5 Å². The highest BCUT2D eigenvalue weighted by molar-refractivity contribution is 9.10. The third kappa shape index (κ3) is 4.87. The van der Waals surface area contributed by atoms with Gasteiger partial charge in [0.05, 0.1) is 10.4 Å². The summed E-state index contributed by atoms with van der Waals surface area (Å²) in [7, 11) is 0. The first kappa shape index (κ1) is 17.1. The van der Waals surface area contributed by atoms with Crippen molar-refractivity contribution in [3.63, 3.8) is 0 Å². The smallest absolute Gasteiger partial charge is 0.228 e. The number of carbonyl (C=O) groups excluding carboxylic acids is 1. The molecule has 1 unspecified atom stereocenters. The van der Waals surface area contributed by atoms with Crippen molar-refractivity contribution in [2.45, 2.75) is 34.1 Å². The lowest BCUT2D eigenvalue weighted by atomic mass is 9.84. The topological polar surface area (TPSA) is 55.1 Å². The zero-order valence-corrected chi connectivity index (χ0v) is 14.0. The van der Waals surface area contributed by atoms with E-state index in [2.05, 4.69) is 42.0 Å². The molecule has 0 saturated heterocycles. The number of anilines is 1. The van der Waals surface area contributed by atoms with Gasteiger partial charge in [-0.2, -0.15) is 0 Å². The van der Waals surface area contributed by atoms with Crippen LogP contribution in [0.4, 0.5) is 10.1 Å². The van der Waals surface area contributed by atoms with Gasteiger partial charge in [-0.1, -0.05) is 20.8 Å². The Morgan fingerprint density at radius 1 is 1.45 bits per heavy atom. The van der Waals surface area contributed by atoms with E-state index in [-0.39, 0.29) is 23.8 Å². The Morgan fingerprint density at radius 3 is 2.55 bits per heavy atom. The fourth-order valence-corrected chi connectivity index (χ4v) is 2.50. The molecular weight excluding hydrogens is 323 g/mol. The summed E-state index contributed by atoms with van der Waals surface area (Å²) >= 11 is 3.12. The minimum absolute atomic E-state index is 0.0153. The molecule has 20 heavy (non-hydrogen) atoms. The molecule has 0 aromatic heterocycles. The summed E-state index contributed by atoms with van der Waals surface area (Å²) < 4.78 is 13.9. The lowest BCUT2D eigenvalue weighted by Crippen LogP contribution is -2.32. The molecule has 1 rings (SSSR count). The number of hydrogen-bond acceptors (Lipinski definition) is 2. The van der Waals surface area contributed by atoms with Crippen LogP contribution in [0.5, 0.6) is 0 Å². The van der Waals surface area contributed by atoms with E-state index in [9.17, 15) is 9.18 Å². The molecule has 3 N–H and O–H groups in total. The van der Waals surface area contributed by atoms with Crippen LogP contribution in [0.2, 0.25) is 0 Å². The van der Waals surface area contributed by atoms with Crippen molar-refractivity contribution >= 4 is 27.5 Å². The number of carbonyl (C=O) groups is 1. The minimum Gasteiger partial charge on any atom is -0.330 e. The largest absolute Gasteiger partial charge is 0.330 e. The van der Waals surface area contributed by atoms with Crippen LogP contribution >= 0.6 is 15.9 Å². The van der Waals surface area contributed by atoms with Crippen LogP contribution in [0, 0.1) is 24.1 Å². The monoisotopic (exact) mass is 344 g/mol. The van der Waals surface area contributed by atoms with Crippen molar-refractivity contribution in [2.75, 3.05) is 11.9 Å². The van der Waals surface area contributed by atoms with Crippen LogP contribution in [0.15, 0.2) is 16.6 Å².